The molecule has 1 aliphatic carbocycles. The van der Waals surface area contributed by atoms with E-state index in [1.54, 1.807) is 4.88 Å². The molecule has 0 amide bonds. The van der Waals surface area contributed by atoms with Crippen LogP contribution in [0.3, 0.4) is 0 Å². The fourth-order valence-electron chi connectivity index (χ4n) is 3.06. The molecule has 3 aromatic heterocycles. The van der Waals surface area contributed by atoms with Crippen LogP contribution in [-0.2, 0) is 13.0 Å². The molecule has 1 unspecified atom stereocenters. The summed E-state index contributed by atoms with van der Waals surface area (Å²) in [5, 5.41) is 10.3. The smallest absolute Gasteiger partial charge is 0.155 e. The monoisotopic (exact) mass is 298 g/mol. The molecule has 3 heterocycles. The van der Waals surface area contributed by atoms with Gasteiger partial charge in [-0.25, -0.2) is 9.50 Å². The molecule has 5 heteroatoms. The summed E-state index contributed by atoms with van der Waals surface area (Å²) in [5.74, 6) is 0. The van der Waals surface area contributed by atoms with Crippen LogP contribution in [0.2, 0.25) is 0 Å². The van der Waals surface area contributed by atoms with E-state index in [1.807, 2.05) is 35.0 Å². The SMILES string of the molecule is Cc1cc2ncc(CNC3CCCc4sccc43)cn2n1. The summed E-state index contributed by atoms with van der Waals surface area (Å²) in [7, 11) is 0. The van der Waals surface area contributed by atoms with Gasteiger partial charge in [0.1, 0.15) is 0 Å². The normalized spacial score (nSPS) is 18.0. The molecule has 108 valence electrons. The Hall–Kier alpha value is -1.72. The van der Waals surface area contributed by atoms with Crippen molar-refractivity contribution < 1.29 is 0 Å². The summed E-state index contributed by atoms with van der Waals surface area (Å²) in [4.78, 5) is 6.01. The van der Waals surface area contributed by atoms with Crippen LogP contribution >= 0.6 is 11.3 Å². The molecule has 1 aliphatic rings. The van der Waals surface area contributed by atoms with Crippen molar-refractivity contribution in [1.29, 1.82) is 0 Å². The fraction of sp³-hybridized carbons (Fsp3) is 0.375. The third-order valence-corrected chi connectivity index (χ3v) is 5.09. The third-order valence-electron chi connectivity index (χ3n) is 4.09. The molecule has 0 spiro atoms. The van der Waals surface area contributed by atoms with Crippen molar-refractivity contribution in [3.8, 4) is 0 Å². The fourth-order valence-corrected chi connectivity index (χ4v) is 4.05. The Kier molecular flexibility index (Phi) is 3.24. The molecule has 21 heavy (non-hydrogen) atoms. The van der Waals surface area contributed by atoms with Crippen molar-refractivity contribution in [3.05, 3.63) is 51.6 Å². The predicted octanol–water partition coefficient (Wildman–Crippen LogP) is 3.27. The molecule has 0 saturated carbocycles. The second-order valence-corrected chi connectivity index (χ2v) is 6.68. The highest BCUT2D eigenvalue weighted by Crippen LogP contribution is 2.33. The van der Waals surface area contributed by atoms with Crippen LogP contribution in [0.5, 0.6) is 0 Å². The van der Waals surface area contributed by atoms with Gasteiger partial charge in [0.25, 0.3) is 0 Å². The minimum absolute atomic E-state index is 0.482. The maximum absolute atomic E-state index is 4.46. The molecule has 4 nitrogen and oxygen atoms in total. The zero-order valence-electron chi connectivity index (χ0n) is 12.0. The first-order valence-electron chi connectivity index (χ1n) is 7.40. The Morgan fingerprint density at radius 1 is 1.48 bits per heavy atom. The van der Waals surface area contributed by atoms with Gasteiger partial charge in [-0.2, -0.15) is 5.10 Å². The quantitative estimate of drug-likeness (QED) is 0.807. The summed E-state index contributed by atoms with van der Waals surface area (Å²) in [6.07, 6.45) is 7.76. The Labute approximate surface area is 127 Å². The Morgan fingerprint density at radius 3 is 3.38 bits per heavy atom. The Balaban J connectivity index is 1.51. The molecule has 1 N–H and O–H groups in total. The number of hydrogen-bond acceptors (Lipinski definition) is 4. The lowest BCUT2D eigenvalue weighted by Gasteiger charge is -2.23. The van der Waals surface area contributed by atoms with Crippen LogP contribution in [0.15, 0.2) is 29.9 Å². The molecule has 0 fully saturated rings. The summed E-state index contributed by atoms with van der Waals surface area (Å²) < 4.78 is 1.86. The molecule has 0 aromatic carbocycles. The molecule has 1 atom stereocenters. The standard InChI is InChI=1S/C16H18N4S/c1-11-7-16-18-9-12(10-20(16)19-11)8-17-14-3-2-4-15-13(14)5-6-21-15/h5-7,9-10,14,17H,2-4,8H2,1H3. The van der Waals surface area contributed by atoms with E-state index in [9.17, 15) is 0 Å². The van der Waals surface area contributed by atoms with Crippen LogP contribution in [0.1, 0.15) is 40.6 Å². The molecule has 0 aliphatic heterocycles. The highest BCUT2D eigenvalue weighted by Gasteiger charge is 2.20. The number of aryl methyl sites for hydroxylation is 2. The van der Waals surface area contributed by atoms with E-state index in [0.717, 1.165) is 17.9 Å². The second kappa shape index (κ2) is 5.24. The zero-order chi connectivity index (χ0) is 14.2. The third kappa shape index (κ3) is 2.47. The van der Waals surface area contributed by atoms with E-state index in [2.05, 4.69) is 33.0 Å². The first-order chi connectivity index (χ1) is 10.3. The molecule has 3 aromatic rings. The summed E-state index contributed by atoms with van der Waals surface area (Å²) >= 11 is 1.89. The highest BCUT2D eigenvalue weighted by molar-refractivity contribution is 7.10. The van der Waals surface area contributed by atoms with E-state index in [4.69, 9.17) is 0 Å². The first-order valence-corrected chi connectivity index (χ1v) is 8.28. The van der Waals surface area contributed by atoms with Crippen LogP contribution in [0, 0.1) is 6.92 Å². The van der Waals surface area contributed by atoms with Crippen molar-refractivity contribution in [2.45, 2.75) is 38.8 Å². The van der Waals surface area contributed by atoms with Crippen molar-refractivity contribution in [2.24, 2.45) is 0 Å². The van der Waals surface area contributed by atoms with Crippen LogP contribution in [0.4, 0.5) is 0 Å². The first kappa shape index (κ1) is 13.0. The maximum atomic E-state index is 4.46. The number of rotatable bonds is 3. The van der Waals surface area contributed by atoms with Gasteiger partial charge >= 0.3 is 0 Å². The molecular formula is C16H18N4S. The van der Waals surface area contributed by atoms with E-state index >= 15 is 0 Å². The topological polar surface area (TPSA) is 42.2 Å². The average Bonchev–Trinajstić information content (AvgIpc) is 3.09. The van der Waals surface area contributed by atoms with Gasteiger partial charge in [0.2, 0.25) is 0 Å². The van der Waals surface area contributed by atoms with Gasteiger partial charge in [-0.3, -0.25) is 0 Å². The van der Waals surface area contributed by atoms with Gasteiger partial charge in [-0.05, 0) is 43.2 Å². The minimum Gasteiger partial charge on any atom is -0.306 e. The van der Waals surface area contributed by atoms with Gasteiger partial charge in [0, 0.05) is 41.5 Å². The van der Waals surface area contributed by atoms with Crippen molar-refractivity contribution in [2.75, 3.05) is 0 Å². The minimum atomic E-state index is 0.482. The number of nitrogens with one attached hydrogen (secondary N) is 1. The largest absolute Gasteiger partial charge is 0.306 e. The Morgan fingerprint density at radius 2 is 2.43 bits per heavy atom. The molecule has 4 rings (SSSR count). The number of hydrogen-bond donors (Lipinski definition) is 1. The lowest BCUT2D eigenvalue weighted by atomic mass is 9.94. The summed E-state index contributed by atoms with van der Waals surface area (Å²) in [6, 6.07) is 4.75. The van der Waals surface area contributed by atoms with E-state index < -0.39 is 0 Å². The van der Waals surface area contributed by atoms with Crippen molar-refractivity contribution >= 4 is 17.0 Å². The van der Waals surface area contributed by atoms with Crippen LogP contribution in [0.25, 0.3) is 5.65 Å². The van der Waals surface area contributed by atoms with Gasteiger partial charge < -0.3 is 5.32 Å². The number of fused-ring (bicyclic) bond motifs is 2. The number of aromatic nitrogens is 3. The number of thiophene rings is 1. The highest BCUT2D eigenvalue weighted by atomic mass is 32.1. The Bertz CT molecular complexity index is 774. The van der Waals surface area contributed by atoms with Gasteiger partial charge in [-0.1, -0.05) is 0 Å². The molecule has 0 radical (unpaired) electrons. The van der Waals surface area contributed by atoms with E-state index in [-0.39, 0.29) is 0 Å². The molecular weight excluding hydrogens is 280 g/mol. The zero-order valence-corrected chi connectivity index (χ0v) is 12.9. The van der Waals surface area contributed by atoms with E-state index in [1.165, 1.54) is 30.4 Å². The van der Waals surface area contributed by atoms with Gasteiger partial charge in [-0.15, -0.1) is 11.3 Å². The maximum Gasteiger partial charge on any atom is 0.155 e. The summed E-state index contributed by atoms with van der Waals surface area (Å²) in [5.41, 5.74) is 4.58. The second-order valence-electron chi connectivity index (χ2n) is 5.68. The average molecular weight is 298 g/mol. The molecule has 0 bridgehead atoms. The van der Waals surface area contributed by atoms with Crippen molar-refractivity contribution in [3.63, 3.8) is 0 Å². The van der Waals surface area contributed by atoms with Gasteiger partial charge in [0.05, 0.1) is 5.69 Å². The van der Waals surface area contributed by atoms with Crippen LogP contribution in [-0.4, -0.2) is 14.6 Å². The molecule has 0 saturated heterocycles. The predicted molar refractivity (Wildman–Crippen MR) is 84.6 cm³/mol. The number of nitrogens with zero attached hydrogens (tertiary/aromatic N) is 3. The van der Waals surface area contributed by atoms with Gasteiger partial charge in [0.15, 0.2) is 5.65 Å². The lowest BCUT2D eigenvalue weighted by molar-refractivity contribution is 0.462. The van der Waals surface area contributed by atoms with Crippen LogP contribution < -0.4 is 5.32 Å². The summed E-state index contributed by atoms with van der Waals surface area (Å²) in [6.45, 7) is 2.83. The van der Waals surface area contributed by atoms with E-state index in [0.29, 0.717) is 6.04 Å². The van der Waals surface area contributed by atoms with Crippen molar-refractivity contribution in [1.82, 2.24) is 19.9 Å². The lowest BCUT2D eigenvalue weighted by Crippen LogP contribution is -2.24.